The smallest absolute Gasteiger partial charge is 0.416 e. The van der Waals surface area contributed by atoms with Crippen LogP contribution in [0.3, 0.4) is 0 Å². The van der Waals surface area contributed by atoms with Crippen molar-refractivity contribution in [1.29, 1.82) is 0 Å². The first-order valence-electron chi connectivity index (χ1n) is 7.78. The molecule has 1 atom stereocenters. The summed E-state index contributed by atoms with van der Waals surface area (Å²) in [5.74, 6) is 3.07. The number of aryl methyl sites for hydroxylation is 1. The van der Waals surface area contributed by atoms with Crippen LogP contribution in [0, 0.1) is 0 Å². The minimum Gasteiger partial charge on any atom is -0.483 e. The molecule has 1 saturated heterocycles. The van der Waals surface area contributed by atoms with Crippen molar-refractivity contribution in [3.05, 3.63) is 29.6 Å². The highest BCUT2D eigenvalue weighted by atomic mass is 32.2. The van der Waals surface area contributed by atoms with Crippen molar-refractivity contribution in [2.24, 2.45) is 7.05 Å². The average molecular weight is 375 g/mol. The number of carboxylic acid groups (broad SMARTS) is 1. The van der Waals surface area contributed by atoms with Gasteiger partial charge in [0.15, 0.2) is 0 Å². The number of carbonyl (C=O) groups is 1. The zero-order valence-electron chi connectivity index (χ0n) is 13.7. The largest absolute Gasteiger partial charge is 0.483 e. The Morgan fingerprint density at radius 3 is 2.80 bits per heavy atom. The summed E-state index contributed by atoms with van der Waals surface area (Å²) < 4.78 is 40.2. The van der Waals surface area contributed by atoms with E-state index in [0.717, 1.165) is 35.6 Å². The van der Waals surface area contributed by atoms with Crippen LogP contribution in [0.5, 0.6) is 0 Å². The summed E-state index contributed by atoms with van der Waals surface area (Å²) in [7, 11) is 1.84. The zero-order chi connectivity index (χ0) is 18.4. The van der Waals surface area contributed by atoms with Gasteiger partial charge in [-0.05, 0) is 36.8 Å². The summed E-state index contributed by atoms with van der Waals surface area (Å²) in [5.41, 5.74) is 0.469. The molecule has 0 amide bonds. The molecule has 0 bridgehead atoms. The highest BCUT2D eigenvalue weighted by Crippen LogP contribution is 2.31. The number of imidazole rings is 1. The summed E-state index contributed by atoms with van der Waals surface area (Å²) >= 11 is 1.94. The van der Waals surface area contributed by atoms with E-state index < -0.39 is 11.7 Å². The van der Waals surface area contributed by atoms with Crippen LogP contribution in [-0.4, -0.2) is 38.7 Å². The van der Waals surface area contributed by atoms with E-state index in [2.05, 4.69) is 10.3 Å². The molecule has 0 saturated carbocycles. The van der Waals surface area contributed by atoms with Gasteiger partial charge in [0.2, 0.25) is 0 Å². The molecular formula is C16H20F3N3O2S. The van der Waals surface area contributed by atoms with E-state index in [9.17, 15) is 13.2 Å². The summed E-state index contributed by atoms with van der Waals surface area (Å²) in [5, 5.41) is 10.3. The van der Waals surface area contributed by atoms with Crippen LogP contribution in [0.2, 0.25) is 0 Å². The van der Waals surface area contributed by atoms with Crippen LogP contribution < -0.4 is 5.32 Å². The third-order valence-corrected chi connectivity index (χ3v) is 5.23. The van der Waals surface area contributed by atoms with Gasteiger partial charge in [0.1, 0.15) is 5.82 Å². The van der Waals surface area contributed by atoms with E-state index in [4.69, 9.17) is 9.90 Å². The fourth-order valence-corrected chi connectivity index (χ4v) is 3.83. The third-order valence-electron chi connectivity index (χ3n) is 4.01. The first-order valence-corrected chi connectivity index (χ1v) is 8.93. The molecule has 5 nitrogen and oxygen atoms in total. The third kappa shape index (κ3) is 5.12. The maximum atomic E-state index is 12.8. The average Bonchev–Trinajstić information content (AvgIpc) is 2.89. The number of aromatic nitrogens is 2. The predicted molar refractivity (Wildman–Crippen MR) is 91.6 cm³/mol. The summed E-state index contributed by atoms with van der Waals surface area (Å²) in [6.45, 7) is 0.331. The van der Waals surface area contributed by atoms with Crippen LogP contribution in [0.4, 0.5) is 13.2 Å². The Labute approximate surface area is 147 Å². The number of benzene rings is 1. The molecule has 9 heteroatoms. The van der Waals surface area contributed by atoms with E-state index in [0.29, 0.717) is 18.1 Å². The van der Waals surface area contributed by atoms with Crippen LogP contribution in [-0.2, 0) is 24.6 Å². The van der Waals surface area contributed by atoms with Crippen molar-refractivity contribution in [2.45, 2.75) is 31.6 Å². The summed E-state index contributed by atoms with van der Waals surface area (Å²) in [6, 6.07) is 4.18. The molecule has 25 heavy (non-hydrogen) atoms. The maximum absolute atomic E-state index is 12.8. The Kier molecular flexibility index (Phi) is 6.71. The first-order chi connectivity index (χ1) is 11.9. The number of rotatable bonds is 3. The van der Waals surface area contributed by atoms with E-state index in [1.54, 1.807) is 0 Å². The number of hydrogen-bond donors (Lipinski definition) is 2. The Balaban J connectivity index is 0.000000701. The van der Waals surface area contributed by atoms with Gasteiger partial charge in [0, 0.05) is 18.8 Å². The van der Waals surface area contributed by atoms with Gasteiger partial charge >= 0.3 is 6.18 Å². The van der Waals surface area contributed by atoms with Gasteiger partial charge < -0.3 is 15.0 Å². The highest BCUT2D eigenvalue weighted by Gasteiger charge is 2.31. The Morgan fingerprint density at radius 2 is 2.20 bits per heavy atom. The zero-order valence-corrected chi connectivity index (χ0v) is 14.5. The quantitative estimate of drug-likeness (QED) is 0.806. The predicted octanol–water partition coefficient (Wildman–Crippen LogP) is 3.28. The lowest BCUT2D eigenvalue weighted by Crippen LogP contribution is -2.33. The van der Waals surface area contributed by atoms with Gasteiger partial charge in [-0.15, -0.1) is 0 Å². The summed E-state index contributed by atoms with van der Waals surface area (Å²) in [4.78, 5) is 12.7. The molecule has 1 fully saturated rings. The molecule has 3 rings (SSSR count). The van der Waals surface area contributed by atoms with Gasteiger partial charge in [-0.3, -0.25) is 4.79 Å². The number of alkyl halides is 3. The SMILES string of the molecule is Cn1c(CNC2CCCSC2)nc2cc(C(F)(F)F)ccc21.O=CO. The molecule has 138 valence electrons. The first kappa shape index (κ1) is 19.6. The molecule has 1 aromatic carbocycles. The molecule has 0 aliphatic carbocycles. The van der Waals surface area contributed by atoms with Crippen molar-refractivity contribution in [2.75, 3.05) is 11.5 Å². The number of nitrogens with zero attached hydrogens (tertiary/aromatic N) is 2. The number of hydrogen-bond acceptors (Lipinski definition) is 4. The Hall–Kier alpha value is -1.74. The molecule has 1 aliphatic heterocycles. The fraction of sp³-hybridized carbons (Fsp3) is 0.500. The monoisotopic (exact) mass is 375 g/mol. The van der Waals surface area contributed by atoms with E-state index in [-0.39, 0.29) is 6.47 Å². The molecule has 0 spiro atoms. The van der Waals surface area contributed by atoms with Gasteiger partial charge in [-0.2, -0.15) is 24.9 Å². The van der Waals surface area contributed by atoms with Gasteiger partial charge in [0.05, 0.1) is 23.1 Å². The van der Waals surface area contributed by atoms with Gasteiger partial charge in [0.25, 0.3) is 6.47 Å². The summed E-state index contributed by atoms with van der Waals surface area (Å²) in [6.07, 6.45) is -1.97. The molecule has 0 radical (unpaired) electrons. The number of nitrogens with one attached hydrogen (secondary N) is 1. The highest BCUT2D eigenvalue weighted by molar-refractivity contribution is 7.99. The van der Waals surface area contributed by atoms with Crippen molar-refractivity contribution in [1.82, 2.24) is 14.9 Å². The second-order valence-electron chi connectivity index (χ2n) is 5.69. The van der Waals surface area contributed by atoms with Crippen LogP contribution in [0.15, 0.2) is 18.2 Å². The second-order valence-corrected chi connectivity index (χ2v) is 6.84. The second kappa shape index (κ2) is 8.57. The van der Waals surface area contributed by atoms with Gasteiger partial charge in [-0.1, -0.05) is 0 Å². The van der Waals surface area contributed by atoms with Crippen molar-refractivity contribution >= 4 is 29.3 Å². The van der Waals surface area contributed by atoms with E-state index >= 15 is 0 Å². The molecule has 1 unspecified atom stereocenters. The molecule has 2 N–H and O–H groups in total. The molecule has 1 aliphatic rings. The molecule has 1 aromatic heterocycles. The Morgan fingerprint density at radius 1 is 1.48 bits per heavy atom. The van der Waals surface area contributed by atoms with Crippen LogP contribution in [0.1, 0.15) is 24.2 Å². The lowest BCUT2D eigenvalue weighted by Gasteiger charge is -2.22. The lowest BCUT2D eigenvalue weighted by molar-refractivity contribution is -0.137. The Bertz CT molecular complexity index is 712. The van der Waals surface area contributed by atoms with Crippen LogP contribution >= 0.6 is 11.8 Å². The topological polar surface area (TPSA) is 67.2 Å². The van der Waals surface area contributed by atoms with E-state index in [1.165, 1.54) is 18.2 Å². The standard InChI is InChI=1S/C15H18F3N3S.CH2O2/c1-21-13-5-4-10(15(16,17)18)7-12(13)20-14(21)8-19-11-3-2-6-22-9-11;2-1-3/h4-5,7,11,19H,2-3,6,8-9H2,1H3;1H,(H,2,3). The normalized spacial score (nSPS) is 17.8. The molecule has 2 aromatic rings. The fourth-order valence-electron chi connectivity index (χ4n) is 2.72. The van der Waals surface area contributed by atoms with Gasteiger partial charge in [-0.25, -0.2) is 4.98 Å². The van der Waals surface area contributed by atoms with Crippen LogP contribution in [0.25, 0.3) is 11.0 Å². The maximum Gasteiger partial charge on any atom is 0.416 e. The number of fused-ring (bicyclic) bond motifs is 1. The van der Waals surface area contributed by atoms with Crippen molar-refractivity contribution in [3.8, 4) is 0 Å². The lowest BCUT2D eigenvalue weighted by atomic mass is 10.2. The number of thioether (sulfide) groups is 1. The molecule has 2 heterocycles. The van der Waals surface area contributed by atoms with E-state index in [1.807, 2.05) is 23.4 Å². The number of halogens is 3. The van der Waals surface area contributed by atoms with Crippen molar-refractivity contribution < 1.29 is 23.1 Å². The molecular weight excluding hydrogens is 355 g/mol. The minimum atomic E-state index is -4.33. The minimum absolute atomic E-state index is 0.250. The van der Waals surface area contributed by atoms with Crippen molar-refractivity contribution in [3.63, 3.8) is 0 Å².